The molecule has 0 heterocycles. The number of aliphatic carboxylic acids is 1. The monoisotopic (exact) mass is 358 g/mol. The van der Waals surface area contributed by atoms with Gasteiger partial charge in [0.1, 0.15) is 0 Å². The van der Waals surface area contributed by atoms with E-state index in [2.05, 4.69) is 6.92 Å². The van der Waals surface area contributed by atoms with Crippen molar-refractivity contribution in [3.05, 3.63) is 0 Å². The summed E-state index contributed by atoms with van der Waals surface area (Å²) < 4.78 is 6.25. The standard InChI is InChI=1S/C21H43NO3/c1-5-7-8-9-10-11-12-13-14-15-18-25-19-16-17-22(3,4)20(6-2)21(23)24/h20H,5-19H2,1-4H3/p+1. The molecule has 0 saturated heterocycles. The maximum atomic E-state index is 11.3. The summed E-state index contributed by atoms with van der Waals surface area (Å²) in [6.45, 7) is 6.65. The maximum absolute atomic E-state index is 11.3. The van der Waals surface area contributed by atoms with E-state index in [0.717, 1.165) is 32.6 Å². The zero-order valence-corrected chi connectivity index (χ0v) is 17.4. The van der Waals surface area contributed by atoms with Gasteiger partial charge in [0, 0.05) is 19.4 Å². The predicted molar refractivity (Wildman–Crippen MR) is 106 cm³/mol. The third kappa shape index (κ3) is 13.3. The fraction of sp³-hybridized carbons (Fsp3) is 0.952. The van der Waals surface area contributed by atoms with Crippen LogP contribution in [0.25, 0.3) is 0 Å². The van der Waals surface area contributed by atoms with Gasteiger partial charge in [-0.3, -0.25) is 0 Å². The van der Waals surface area contributed by atoms with Gasteiger partial charge in [-0.15, -0.1) is 0 Å². The highest BCUT2D eigenvalue weighted by Gasteiger charge is 2.32. The highest BCUT2D eigenvalue weighted by Crippen LogP contribution is 2.13. The van der Waals surface area contributed by atoms with Crippen molar-refractivity contribution in [2.75, 3.05) is 33.9 Å². The van der Waals surface area contributed by atoms with Crippen LogP contribution >= 0.6 is 0 Å². The first-order valence-electron chi connectivity index (χ1n) is 10.6. The summed E-state index contributed by atoms with van der Waals surface area (Å²) in [7, 11) is 4.01. The Morgan fingerprint density at radius 2 is 1.32 bits per heavy atom. The number of ether oxygens (including phenoxy) is 1. The van der Waals surface area contributed by atoms with Crippen LogP contribution in [0.2, 0.25) is 0 Å². The molecule has 1 N–H and O–H groups in total. The largest absolute Gasteiger partial charge is 0.477 e. The van der Waals surface area contributed by atoms with Gasteiger partial charge in [-0.05, 0) is 6.42 Å². The molecular formula is C21H44NO3+. The van der Waals surface area contributed by atoms with Crippen LogP contribution in [0, 0.1) is 0 Å². The number of quaternary nitrogens is 1. The molecule has 0 amide bonds. The zero-order chi connectivity index (χ0) is 19.0. The average molecular weight is 359 g/mol. The molecule has 0 spiro atoms. The first-order valence-corrected chi connectivity index (χ1v) is 10.6. The van der Waals surface area contributed by atoms with Crippen LogP contribution in [0.4, 0.5) is 0 Å². The molecule has 1 unspecified atom stereocenters. The molecule has 0 aromatic rings. The number of rotatable bonds is 18. The van der Waals surface area contributed by atoms with Crippen molar-refractivity contribution >= 4 is 5.97 Å². The Morgan fingerprint density at radius 1 is 0.840 bits per heavy atom. The van der Waals surface area contributed by atoms with Crippen molar-refractivity contribution in [2.45, 2.75) is 96.9 Å². The average Bonchev–Trinajstić information content (AvgIpc) is 2.55. The SMILES string of the molecule is CCCCCCCCCCCCOCCC[N+](C)(C)C(CC)C(=O)O. The van der Waals surface area contributed by atoms with Gasteiger partial charge in [0.25, 0.3) is 0 Å². The van der Waals surface area contributed by atoms with Gasteiger partial charge in [-0.25, -0.2) is 4.79 Å². The van der Waals surface area contributed by atoms with Gasteiger partial charge in [0.2, 0.25) is 0 Å². The lowest BCUT2D eigenvalue weighted by molar-refractivity contribution is -0.907. The van der Waals surface area contributed by atoms with E-state index in [0.29, 0.717) is 10.9 Å². The Morgan fingerprint density at radius 3 is 1.80 bits per heavy atom. The predicted octanol–water partition coefficient (Wildman–Crippen LogP) is 5.25. The maximum Gasteiger partial charge on any atom is 0.362 e. The number of carboxylic acid groups (broad SMARTS) is 1. The van der Waals surface area contributed by atoms with Crippen molar-refractivity contribution < 1.29 is 19.1 Å². The number of likely N-dealkylation sites (N-methyl/N-ethyl adjacent to an activating group) is 1. The van der Waals surface area contributed by atoms with E-state index in [1.165, 1.54) is 57.8 Å². The molecule has 0 aromatic carbocycles. The van der Waals surface area contributed by atoms with Crippen LogP contribution in [0.5, 0.6) is 0 Å². The Kier molecular flexibility index (Phi) is 15.2. The first kappa shape index (κ1) is 24.4. The van der Waals surface area contributed by atoms with Crippen LogP contribution in [-0.4, -0.2) is 55.5 Å². The van der Waals surface area contributed by atoms with Crippen LogP contribution in [-0.2, 0) is 9.53 Å². The topological polar surface area (TPSA) is 46.5 Å². The molecule has 0 saturated carbocycles. The van der Waals surface area contributed by atoms with E-state index in [-0.39, 0.29) is 6.04 Å². The molecule has 0 aromatic heterocycles. The number of hydrogen-bond donors (Lipinski definition) is 1. The second kappa shape index (κ2) is 15.6. The third-order valence-corrected chi connectivity index (χ3v) is 5.18. The fourth-order valence-electron chi connectivity index (χ4n) is 3.49. The lowest BCUT2D eigenvalue weighted by atomic mass is 10.1. The molecule has 0 radical (unpaired) electrons. The highest BCUT2D eigenvalue weighted by molar-refractivity contribution is 5.72. The van der Waals surface area contributed by atoms with E-state index < -0.39 is 5.97 Å². The van der Waals surface area contributed by atoms with Crippen molar-refractivity contribution in [2.24, 2.45) is 0 Å². The molecule has 4 heteroatoms. The molecular weight excluding hydrogens is 314 g/mol. The number of unbranched alkanes of at least 4 members (excludes halogenated alkanes) is 9. The fourth-order valence-corrected chi connectivity index (χ4v) is 3.49. The Labute approximate surface area is 156 Å². The minimum Gasteiger partial charge on any atom is -0.477 e. The van der Waals surface area contributed by atoms with Crippen molar-refractivity contribution in [3.63, 3.8) is 0 Å². The number of carboxylic acids is 1. The molecule has 150 valence electrons. The molecule has 1 atom stereocenters. The molecule has 0 aliphatic carbocycles. The van der Waals surface area contributed by atoms with E-state index in [1.807, 2.05) is 21.0 Å². The summed E-state index contributed by atoms with van der Waals surface area (Å²) in [5.41, 5.74) is 0. The summed E-state index contributed by atoms with van der Waals surface area (Å²) in [5, 5.41) is 9.28. The number of nitrogens with zero attached hydrogens (tertiary/aromatic N) is 1. The van der Waals surface area contributed by atoms with Gasteiger partial charge < -0.3 is 14.3 Å². The quantitative estimate of drug-likeness (QED) is 0.269. The van der Waals surface area contributed by atoms with Gasteiger partial charge in [-0.2, -0.15) is 0 Å². The summed E-state index contributed by atoms with van der Waals surface area (Å²) in [4.78, 5) is 11.3. The third-order valence-electron chi connectivity index (χ3n) is 5.18. The van der Waals surface area contributed by atoms with E-state index in [4.69, 9.17) is 4.74 Å². The van der Waals surface area contributed by atoms with E-state index in [9.17, 15) is 9.90 Å². The number of carbonyl (C=O) groups is 1. The second-order valence-electron chi connectivity index (χ2n) is 7.91. The summed E-state index contributed by atoms with van der Waals surface area (Å²) in [5.74, 6) is -0.696. The molecule has 0 aliphatic heterocycles. The molecule has 0 fully saturated rings. The van der Waals surface area contributed by atoms with Crippen LogP contribution in [0.3, 0.4) is 0 Å². The Balaban J connectivity index is 3.43. The Hall–Kier alpha value is -0.610. The minimum atomic E-state index is -0.696. The second-order valence-corrected chi connectivity index (χ2v) is 7.91. The van der Waals surface area contributed by atoms with Crippen LogP contribution in [0.1, 0.15) is 90.9 Å². The molecule has 4 nitrogen and oxygen atoms in total. The lowest BCUT2D eigenvalue weighted by Crippen LogP contribution is -2.53. The lowest BCUT2D eigenvalue weighted by Gasteiger charge is -2.35. The van der Waals surface area contributed by atoms with E-state index in [1.54, 1.807) is 0 Å². The number of hydrogen-bond acceptors (Lipinski definition) is 2. The Bertz CT molecular complexity index is 318. The summed E-state index contributed by atoms with van der Waals surface area (Å²) in [6, 6.07) is -0.318. The van der Waals surface area contributed by atoms with Crippen molar-refractivity contribution in [1.82, 2.24) is 0 Å². The zero-order valence-electron chi connectivity index (χ0n) is 17.4. The van der Waals surface area contributed by atoms with Gasteiger partial charge in [-0.1, -0.05) is 71.6 Å². The summed E-state index contributed by atoms with van der Waals surface area (Å²) >= 11 is 0. The van der Waals surface area contributed by atoms with E-state index >= 15 is 0 Å². The summed E-state index contributed by atoms with van der Waals surface area (Å²) in [6.07, 6.45) is 15.0. The molecule has 25 heavy (non-hydrogen) atoms. The minimum absolute atomic E-state index is 0.318. The smallest absolute Gasteiger partial charge is 0.362 e. The first-order chi connectivity index (χ1) is 12.0. The highest BCUT2D eigenvalue weighted by atomic mass is 16.5. The van der Waals surface area contributed by atoms with Gasteiger partial charge >= 0.3 is 5.97 Å². The molecule has 0 bridgehead atoms. The van der Waals surface area contributed by atoms with Crippen LogP contribution in [0.15, 0.2) is 0 Å². The van der Waals surface area contributed by atoms with Gasteiger partial charge in [0.05, 0.1) is 27.2 Å². The normalized spacial score (nSPS) is 13.1. The van der Waals surface area contributed by atoms with Crippen molar-refractivity contribution in [1.29, 1.82) is 0 Å². The molecule has 0 rings (SSSR count). The molecule has 0 aliphatic rings. The van der Waals surface area contributed by atoms with Gasteiger partial charge in [0.15, 0.2) is 6.04 Å². The van der Waals surface area contributed by atoms with Crippen LogP contribution < -0.4 is 0 Å². The van der Waals surface area contributed by atoms with Crippen molar-refractivity contribution in [3.8, 4) is 0 Å².